The molecule has 3 aromatic rings. The number of aryl methyl sites for hydroxylation is 1. The van der Waals surface area contributed by atoms with Gasteiger partial charge in [-0.2, -0.15) is 0 Å². The summed E-state index contributed by atoms with van der Waals surface area (Å²) in [5, 5.41) is 0.783. The maximum absolute atomic E-state index is 12.3. The molecule has 2 aromatic heterocycles. The topological polar surface area (TPSA) is 52.0 Å². The van der Waals surface area contributed by atoms with Gasteiger partial charge in [-0.05, 0) is 37.5 Å². The van der Waals surface area contributed by atoms with Crippen LogP contribution in [0.1, 0.15) is 18.5 Å². The first-order valence-electron chi connectivity index (χ1n) is 7.99. The summed E-state index contributed by atoms with van der Waals surface area (Å²) in [6.07, 6.45) is 6.09. The summed E-state index contributed by atoms with van der Waals surface area (Å²) in [5.41, 5.74) is 2.01. The second-order valence-corrected chi connectivity index (χ2v) is 9.15. The summed E-state index contributed by atoms with van der Waals surface area (Å²) in [7, 11) is -3.31. The van der Waals surface area contributed by atoms with Gasteiger partial charge < -0.3 is 4.57 Å². The highest BCUT2D eigenvalue weighted by atomic mass is 32.2. The van der Waals surface area contributed by atoms with E-state index in [-0.39, 0.29) is 0 Å². The Morgan fingerprint density at radius 1 is 1.12 bits per heavy atom. The van der Waals surface area contributed by atoms with Gasteiger partial charge in [0.05, 0.1) is 10.3 Å². The zero-order valence-electron chi connectivity index (χ0n) is 13.4. The van der Waals surface area contributed by atoms with Crippen molar-refractivity contribution >= 4 is 32.6 Å². The minimum atomic E-state index is -3.31. The standard InChI is InChI=1S/C18H18N2O2S2/c1-24(21,22)15-10-11-19-18-16(15)17(14-9-5-6-12-20(14)18)23-13-7-3-2-4-8-13/h2-4,7-8,10-11H,5-6,9,12H2,1H3. The minimum absolute atomic E-state index is 0.382. The monoisotopic (exact) mass is 358 g/mol. The molecule has 0 N–H and O–H groups in total. The van der Waals surface area contributed by atoms with Gasteiger partial charge in [-0.25, -0.2) is 13.4 Å². The van der Waals surface area contributed by atoms with Gasteiger partial charge in [0.15, 0.2) is 9.84 Å². The van der Waals surface area contributed by atoms with Gasteiger partial charge in [-0.3, -0.25) is 0 Å². The van der Waals surface area contributed by atoms with Crippen LogP contribution in [0.4, 0.5) is 0 Å². The van der Waals surface area contributed by atoms with Crippen LogP contribution in [0.3, 0.4) is 0 Å². The van der Waals surface area contributed by atoms with Crippen molar-refractivity contribution < 1.29 is 8.42 Å². The van der Waals surface area contributed by atoms with E-state index in [9.17, 15) is 8.42 Å². The van der Waals surface area contributed by atoms with Crippen molar-refractivity contribution in [1.29, 1.82) is 0 Å². The third kappa shape index (κ3) is 2.63. The van der Waals surface area contributed by atoms with E-state index in [0.717, 1.165) is 46.6 Å². The zero-order chi connectivity index (χ0) is 16.7. The quantitative estimate of drug-likeness (QED) is 0.712. The summed E-state index contributed by atoms with van der Waals surface area (Å²) in [6.45, 7) is 0.904. The molecule has 0 fully saturated rings. The van der Waals surface area contributed by atoms with Crippen LogP contribution >= 0.6 is 11.8 Å². The first kappa shape index (κ1) is 15.7. The molecule has 0 saturated carbocycles. The van der Waals surface area contributed by atoms with E-state index in [1.54, 1.807) is 24.0 Å². The Kier molecular flexibility index (Phi) is 3.89. The number of nitrogens with zero attached hydrogens (tertiary/aromatic N) is 2. The highest BCUT2D eigenvalue weighted by molar-refractivity contribution is 7.99. The third-order valence-electron chi connectivity index (χ3n) is 4.37. The fourth-order valence-corrected chi connectivity index (χ4v) is 5.42. The van der Waals surface area contributed by atoms with Gasteiger partial charge in [-0.15, -0.1) is 0 Å². The predicted molar refractivity (Wildman–Crippen MR) is 96.3 cm³/mol. The zero-order valence-corrected chi connectivity index (χ0v) is 15.0. The fourth-order valence-electron chi connectivity index (χ4n) is 3.32. The number of rotatable bonds is 3. The number of hydrogen-bond donors (Lipinski definition) is 0. The lowest BCUT2D eigenvalue weighted by Crippen LogP contribution is -2.10. The molecule has 1 aliphatic heterocycles. The van der Waals surface area contributed by atoms with Gasteiger partial charge in [-0.1, -0.05) is 30.0 Å². The number of pyridine rings is 1. The average Bonchev–Trinajstić information content (AvgIpc) is 2.89. The molecule has 24 heavy (non-hydrogen) atoms. The highest BCUT2D eigenvalue weighted by Crippen LogP contribution is 2.42. The SMILES string of the molecule is CS(=O)(=O)c1ccnc2c1c(Sc1ccccc1)c1n2CCCC1. The molecule has 1 aromatic carbocycles. The third-order valence-corrected chi connectivity index (χ3v) is 6.66. The molecule has 1 aliphatic rings. The molecule has 6 heteroatoms. The molecule has 4 rings (SSSR count). The maximum Gasteiger partial charge on any atom is 0.176 e. The predicted octanol–water partition coefficient (Wildman–Crippen LogP) is 3.93. The lowest BCUT2D eigenvalue weighted by atomic mass is 10.1. The number of fused-ring (bicyclic) bond motifs is 3. The Morgan fingerprint density at radius 2 is 1.92 bits per heavy atom. The number of benzene rings is 1. The van der Waals surface area contributed by atoms with Crippen LogP contribution in [0.2, 0.25) is 0 Å². The summed E-state index contributed by atoms with van der Waals surface area (Å²) in [4.78, 5) is 7.06. The van der Waals surface area contributed by atoms with Crippen LogP contribution in [0.5, 0.6) is 0 Å². The first-order chi connectivity index (χ1) is 11.6. The Morgan fingerprint density at radius 3 is 2.67 bits per heavy atom. The van der Waals surface area contributed by atoms with Crippen LogP contribution in [-0.4, -0.2) is 24.2 Å². The second-order valence-electron chi connectivity index (χ2n) is 6.08. The van der Waals surface area contributed by atoms with Crippen LogP contribution in [-0.2, 0) is 22.8 Å². The molecule has 3 heterocycles. The smallest absolute Gasteiger partial charge is 0.176 e. The van der Waals surface area contributed by atoms with Crippen LogP contribution in [0, 0.1) is 0 Å². The molecule has 0 bridgehead atoms. The van der Waals surface area contributed by atoms with E-state index in [1.807, 2.05) is 18.2 Å². The molecule has 0 radical (unpaired) electrons. The summed E-state index contributed by atoms with van der Waals surface area (Å²) < 4.78 is 26.8. The number of hydrogen-bond acceptors (Lipinski definition) is 4. The van der Waals surface area contributed by atoms with Crippen LogP contribution in [0.15, 0.2) is 57.3 Å². The molecular formula is C18H18N2O2S2. The molecule has 0 spiro atoms. The molecular weight excluding hydrogens is 340 g/mol. The van der Waals surface area contributed by atoms with Gasteiger partial charge >= 0.3 is 0 Å². The molecule has 0 atom stereocenters. The molecule has 124 valence electrons. The molecule has 4 nitrogen and oxygen atoms in total. The summed E-state index contributed by atoms with van der Waals surface area (Å²) >= 11 is 1.64. The van der Waals surface area contributed by atoms with Crippen molar-refractivity contribution in [3.05, 3.63) is 48.3 Å². The van der Waals surface area contributed by atoms with Crippen molar-refractivity contribution in [2.75, 3.05) is 6.26 Å². The van der Waals surface area contributed by atoms with Gasteiger partial charge in [0.2, 0.25) is 0 Å². The van der Waals surface area contributed by atoms with E-state index in [0.29, 0.717) is 4.90 Å². The maximum atomic E-state index is 12.3. The van der Waals surface area contributed by atoms with Crippen molar-refractivity contribution in [3.63, 3.8) is 0 Å². The van der Waals surface area contributed by atoms with Gasteiger partial charge in [0.1, 0.15) is 5.65 Å². The minimum Gasteiger partial charge on any atom is -0.328 e. The normalized spacial score (nSPS) is 14.7. The molecule has 0 amide bonds. The Bertz CT molecular complexity index is 1010. The number of sulfone groups is 1. The lowest BCUT2D eigenvalue weighted by molar-refractivity contribution is 0.535. The van der Waals surface area contributed by atoms with Gasteiger partial charge in [0.25, 0.3) is 0 Å². The van der Waals surface area contributed by atoms with Crippen molar-refractivity contribution in [1.82, 2.24) is 9.55 Å². The van der Waals surface area contributed by atoms with Crippen molar-refractivity contribution in [3.8, 4) is 0 Å². The largest absolute Gasteiger partial charge is 0.328 e. The first-order valence-corrected chi connectivity index (χ1v) is 10.7. The fraction of sp³-hybridized carbons (Fsp3) is 0.278. The van der Waals surface area contributed by atoms with E-state index in [2.05, 4.69) is 21.7 Å². The van der Waals surface area contributed by atoms with E-state index >= 15 is 0 Å². The summed E-state index contributed by atoms with van der Waals surface area (Å²) in [6, 6.07) is 11.7. The van der Waals surface area contributed by atoms with E-state index in [1.165, 1.54) is 11.9 Å². The average molecular weight is 358 g/mol. The molecule has 0 aliphatic carbocycles. The Balaban J connectivity index is 2.03. The highest BCUT2D eigenvalue weighted by Gasteiger charge is 2.26. The van der Waals surface area contributed by atoms with Crippen molar-refractivity contribution in [2.24, 2.45) is 0 Å². The molecule has 0 saturated heterocycles. The van der Waals surface area contributed by atoms with E-state index in [4.69, 9.17) is 0 Å². The lowest BCUT2D eigenvalue weighted by Gasteiger charge is -2.16. The second kappa shape index (κ2) is 5.93. The van der Waals surface area contributed by atoms with Gasteiger partial charge in [0, 0.05) is 34.5 Å². The molecule has 0 unspecified atom stereocenters. The Hall–Kier alpha value is -1.79. The van der Waals surface area contributed by atoms with E-state index < -0.39 is 9.84 Å². The van der Waals surface area contributed by atoms with Crippen LogP contribution < -0.4 is 0 Å². The Labute approximate surface area is 145 Å². The van der Waals surface area contributed by atoms with Crippen molar-refractivity contribution in [2.45, 2.75) is 40.5 Å². The number of aromatic nitrogens is 2. The summed E-state index contributed by atoms with van der Waals surface area (Å²) in [5.74, 6) is 0. The van der Waals surface area contributed by atoms with Crippen LogP contribution in [0.25, 0.3) is 11.0 Å².